The number of carboxylic acid groups (broad SMARTS) is 1. The average Bonchev–Trinajstić information content (AvgIpc) is 2.39. The molecule has 0 radical (unpaired) electrons. The van der Waals surface area contributed by atoms with E-state index in [4.69, 9.17) is 15.6 Å². The summed E-state index contributed by atoms with van der Waals surface area (Å²) in [7, 11) is 0. The normalized spacial score (nSPS) is 17.3. The molecule has 1 aromatic carbocycles. The number of ether oxygens (including phenoxy) is 1. The lowest BCUT2D eigenvalue weighted by Gasteiger charge is -2.31. The molecule has 0 aromatic heterocycles. The Kier molecular flexibility index (Phi) is 4.34. The molecule has 0 saturated carbocycles. The average molecular weight is 268 g/mol. The van der Waals surface area contributed by atoms with Crippen LogP contribution >= 0.6 is 0 Å². The molecule has 0 aliphatic carbocycles. The van der Waals surface area contributed by atoms with Crippen molar-refractivity contribution >= 4 is 11.7 Å². The van der Waals surface area contributed by atoms with E-state index in [0.717, 1.165) is 0 Å². The largest absolute Gasteiger partial charge is 0.480 e. The van der Waals surface area contributed by atoms with E-state index in [1.54, 1.807) is 12.1 Å². The van der Waals surface area contributed by atoms with Gasteiger partial charge in [-0.3, -0.25) is 4.79 Å². The maximum Gasteiger partial charge on any atom is 0.320 e. The lowest BCUT2D eigenvalue weighted by molar-refractivity contribution is -0.138. The molecule has 2 rings (SSSR count). The van der Waals surface area contributed by atoms with Crippen LogP contribution in [0.5, 0.6) is 0 Å². The predicted octanol–water partition coefficient (Wildman–Crippen LogP) is 0.617. The molecular formula is C13H17FN2O3. The fourth-order valence-electron chi connectivity index (χ4n) is 2.19. The first-order valence-corrected chi connectivity index (χ1v) is 6.18. The number of para-hydroxylation sites is 1. The predicted molar refractivity (Wildman–Crippen MR) is 68.7 cm³/mol. The van der Waals surface area contributed by atoms with Gasteiger partial charge in [-0.1, -0.05) is 12.1 Å². The molecule has 1 aliphatic rings. The van der Waals surface area contributed by atoms with Crippen LogP contribution in [0.15, 0.2) is 18.2 Å². The molecule has 0 bridgehead atoms. The van der Waals surface area contributed by atoms with Crippen LogP contribution in [0.3, 0.4) is 0 Å². The molecule has 3 N–H and O–H groups in total. The smallest absolute Gasteiger partial charge is 0.320 e. The van der Waals surface area contributed by atoms with E-state index in [9.17, 15) is 9.18 Å². The Hall–Kier alpha value is -1.66. The number of carboxylic acids is 1. The minimum Gasteiger partial charge on any atom is -0.480 e. The maximum absolute atomic E-state index is 14.0. The Morgan fingerprint density at radius 1 is 1.47 bits per heavy atom. The van der Waals surface area contributed by atoms with Gasteiger partial charge in [-0.25, -0.2) is 4.39 Å². The lowest BCUT2D eigenvalue weighted by atomic mass is 10.0. The zero-order chi connectivity index (χ0) is 13.8. The monoisotopic (exact) mass is 268 g/mol. The Labute approximate surface area is 110 Å². The van der Waals surface area contributed by atoms with Crippen molar-refractivity contribution in [1.82, 2.24) is 0 Å². The standard InChI is InChI=1S/C13H17FN2O3/c14-10-3-1-2-9(8-11(15)13(17)18)12(10)16-4-6-19-7-5-16/h1-3,11H,4-8,15H2,(H,17,18). The highest BCUT2D eigenvalue weighted by Crippen LogP contribution is 2.26. The highest BCUT2D eigenvalue weighted by atomic mass is 19.1. The van der Waals surface area contributed by atoms with Gasteiger partial charge in [0.1, 0.15) is 11.9 Å². The van der Waals surface area contributed by atoms with Crippen LogP contribution in [-0.4, -0.2) is 43.4 Å². The molecule has 1 atom stereocenters. The van der Waals surface area contributed by atoms with Gasteiger partial charge in [0, 0.05) is 19.5 Å². The molecule has 19 heavy (non-hydrogen) atoms. The summed E-state index contributed by atoms with van der Waals surface area (Å²) in [6, 6.07) is 3.64. The van der Waals surface area contributed by atoms with E-state index in [1.807, 2.05) is 4.90 Å². The molecule has 1 fully saturated rings. The van der Waals surface area contributed by atoms with Gasteiger partial charge < -0.3 is 20.5 Å². The summed E-state index contributed by atoms with van der Waals surface area (Å²) < 4.78 is 19.3. The van der Waals surface area contributed by atoms with E-state index >= 15 is 0 Å². The summed E-state index contributed by atoms with van der Waals surface area (Å²) in [5.74, 6) is -1.44. The second kappa shape index (κ2) is 5.99. The first-order chi connectivity index (χ1) is 9.09. The maximum atomic E-state index is 14.0. The molecule has 6 heteroatoms. The quantitative estimate of drug-likeness (QED) is 0.837. The van der Waals surface area contributed by atoms with Crippen LogP contribution in [0.25, 0.3) is 0 Å². The number of nitrogens with zero attached hydrogens (tertiary/aromatic N) is 1. The molecule has 1 aliphatic heterocycles. The highest BCUT2D eigenvalue weighted by molar-refractivity contribution is 5.74. The Balaban J connectivity index is 2.27. The van der Waals surface area contributed by atoms with Gasteiger partial charge in [-0.15, -0.1) is 0 Å². The van der Waals surface area contributed by atoms with Crippen molar-refractivity contribution in [3.63, 3.8) is 0 Å². The third kappa shape index (κ3) is 3.21. The Morgan fingerprint density at radius 2 is 2.16 bits per heavy atom. The Morgan fingerprint density at radius 3 is 2.79 bits per heavy atom. The van der Waals surface area contributed by atoms with Crippen molar-refractivity contribution in [1.29, 1.82) is 0 Å². The molecule has 1 aromatic rings. The van der Waals surface area contributed by atoms with E-state index in [-0.39, 0.29) is 12.2 Å². The number of hydrogen-bond acceptors (Lipinski definition) is 4. The first kappa shape index (κ1) is 13.8. The summed E-state index contributed by atoms with van der Waals surface area (Å²) in [4.78, 5) is 12.7. The number of nitrogens with two attached hydrogens (primary N) is 1. The number of carbonyl (C=O) groups is 1. The van der Waals surface area contributed by atoms with Crippen molar-refractivity contribution in [2.24, 2.45) is 5.73 Å². The van der Waals surface area contributed by atoms with Crippen molar-refractivity contribution in [3.05, 3.63) is 29.6 Å². The molecule has 5 nitrogen and oxygen atoms in total. The second-order valence-corrected chi connectivity index (χ2v) is 4.50. The summed E-state index contributed by atoms with van der Waals surface area (Å²) in [5, 5.41) is 8.86. The number of aliphatic carboxylic acids is 1. The number of morpholine rings is 1. The van der Waals surface area contributed by atoms with Crippen molar-refractivity contribution in [2.45, 2.75) is 12.5 Å². The number of benzene rings is 1. The zero-order valence-electron chi connectivity index (χ0n) is 10.5. The SMILES string of the molecule is NC(Cc1cccc(F)c1N1CCOCC1)C(=O)O. The molecular weight excluding hydrogens is 251 g/mol. The van der Waals surface area contributed by atoms with E-state index in [1.165, 1.54) is 6.07 Å². The van der Waals surface area contributed by atoms with Gasteiger partial charge in [0.2, 0.25) is 0 Å². The van der Waals surface area contributed by atoms with Crippen molar-refractivity contribution in [2.75, 3.05) is 31.2 Å². The van der Waals surface area contributed by atoms with Crippen molar-refractivity contribution in [3.8, 4) is 0 Å². The van der Waals surface area contributed by atoms with Gasteiger partial charge in [0.25, 0.3) is 0 Å². The third-order valence-corrected chi connectivity index (χ3v) is 3.15. The summed E-state index contributed by atoms with van der Waals surface area (Å²) in [6.07, 6.45) is 0.111. The van der Waals surface area contributed by atoms with Crippen LogP contribution in [-0.2, 0) is 16.0 Å². The molecule has 0 amide bonds. The molecule has 1 unspecified atom stereocenters. The van der Waals surface area contributed by atoms with Gasteiger partial charge in [-0.05, 0) is 11.6 Å². The molecule has 1 saturated heterocycles. The number of halogens is 1. The van der Waals surface area contributed by atoms with Crippen molar-refractivity contribution < 1.29 is 19.0 Å². The fourth-order valence-corrected chi connectivity index (χ4v) is 2.19. The number of anilines is 1. The minimum absolute atomic E-state index is 0.111. The molecule has 1 heterocycles. The van der Waals surface area contributed by atoms with Gasteiger partial charge in [-0.2, -0.15) is 0 Å². The van der Waals surface area contributed by atoms with Gasteiger partial charge in [0.15, 0.2) is 0 Å². The van der Waals surface area contributed by atoms with Gasteiger partial charge >= 0.3 is 5.97 Å². The molecule has 0 spiro atoms. The van der Waals surface area contributed by atoms with E-state index in [2.05, 4.69) is 0 Å². The van der Waals surface area contributed by atoms with Crippen LogP contribution < -0.4 is 10.6 Å². The van der Waals surface area contributed by atoms with Crippen LogP contribution in [0, 0.1) is 5.82 Å². The minimum atomic E-state index is -1.09. The second-order valence-electron chi connectivity index (χ2n) is 4.50. The number of rotatable bonds is 4. The fraction of sp³-hybridized carbons (Fsp3) is 0.462. The topological polar surface area (TPSA) is 75.8 Å². The first-order valence-electron chi connectivity index (χ1n) is 6.18. The van der Waals surface area contributed by atoms with Gasteiger partial charge in [0.05, 0.1) is 18.9 Å². The Bertz CT molecular complexity index is 461. The van der Waals surface area contributed by atoms with Crippen LogP contribution in [0.1, 0.15) is 5.56 Å². The summed E-state index contributed by atoms with van der Waals surface area (Å²) in [6.45, 7) is 2.27. The van der Waals surface area contributed by atoms with E-state index < -0.39 is 12.0 Å². The molecule has 104 valence electrons. The summed E-state index contributed by atoms with van der Waals surface area (Å²) in [5.41, 5.74) is 6.60. The summed E-state index contributed by atoms with van der Waals surface area (Å²) >= 11 is 0. The van der Waals surface area contributed by atoms with Crippen LogP contribution in [0.4, 0.5) is 10.1 Å². The highest BCUT2D eigenvalue weighted by Gasteiger charge is 2.21. The third-order valence-electron chi connectivity index (χ3n) is 3.15. The van der Waals surface area contributed by atoms with E-state index in [0.29, 0.717) is 37.6 Å². The lowest BCUT2D eigenvalue weighted by Crippen LogP contribution is -2.38. The number of hydrogen-bond donors (Lipinski definition) is 2. The van der Waals surface area contributed by atoms with Crippen LogP contribution in [0.2, 0.25) is 0 Å². The zero-order valence-corrected chi connectivity index (χ0v) is 10.5.